The van der Waals surface area contributed by atoms with E-state index in [9.17, 15) is 4.79 Å². The molecule has 0 aromatic heterocycles. The molecule has 0 N–H and O–H groups in total. The van der Waals surface area contributed by atoms with Gasteiger partial charge in [0.25, 0.3) is 0 Å². The molecule has 5 rings (SSSR count). The van der Waals surface area contributed by atoms with Crippen molar-refractivity contribution in [2.75, 3.05) is 13.8 Å². The van der Waals surface area contributed by atoms with Gasteiger partial charge in [-0.3, -0.25) is 9.69 Å². The molecule has 0 unspecified atom stereocenters. The van der Waals surface area contributed by atoms with Crippen molar-refractivity contribution < 1.29 is 19.0 Å². The molecule has 3 aromatic carbocycles. The lowest BCUT2D eigenvalue weighted by molar-refractivity contribution is 0.0876. The molecular formula is C27H25NO4. The van der Waals surface area contributed by atoms with Gasteiger partial charge < -0.3 is 14.2 Å². The van der Waals surface area contributed by atoms with Gasteiger partial charge in [-0.15, -0.1) is 0 Å². The van der Waals surface area contributed by atoms with Crippen molar-refractivity contribution in [2.24, 2.45) is 0 Å². The maximum Gasteiger partial charge on any atom is 0.231 e. The van der Waals surface area contributed by atoms with Crippen LogP contribution in [-0.2, 0) is 13.1 Å². The average Bonchev–Trinajstić information content (AvgIpc) is 3.11. The molecule has 5 nitrogen and oxygen atoms in total. The van der Waals surface area contributed by atoms with Crippen molar-refractivity contribution in [3.63, 3.8) is 0 Å². The van der Waals surface area contributed by atoms with Gasteiger partial charge in [0.1, 0.15) is 24.0 Å². The van der Waals surface area contributed by atoms with Gasteiger partial charge in [0.15, 0.2) is 5.76 Å². The number of allylic oxidation sites excluding steroid dienone is 1. The summed E-state index contributed by atoms with van der Waals surface area (Å²) in [5.41, 5.74) is 5.79. The number of fused-ring (bicyclic) bond motifs is 2. The molecule has 0 spiro atoms. The molecule has 0 amide bonds. The number of hydrogen-bond donors (Lipinski definition) is 0. The van der Waals surface area contributed by atoms with E-state index in [0.29, 0.717) is 30.3 Å². The second kappa shape index (κ2) is 8.17. The minimum Gasteiger partial charge on any atom is -0.497 e. The van der Waals surface area contributed by atoms with Crippen LogP contribution >= 0.6 is 0 Å². The van der Waals surface area contributed by atoms with E-state index in [4.69, 9.17) is 14.2 Å². The van der Waals surface area contributed by atoms with Gasteiger partial charge in [-0.05, 0) is 49.2 Å². The Morgan fingerprint density at radius 2 is 1.78 bits per heavy atom. The molecule has 0 saturated carbocycles. The topological polar surface area (TPSA) is 48.0 Å². The van der Waals surface area contributed by atoms with Crippen molar-refractivity contribution in [3.8, 4) is 17.2 Å². The van der Waals surface area contributed by atoms with E-state index in [2.05, 4.69) is 17.0 Å². The number of hydrogen-bond acceptors (Lipinski definition) is 5. The Kier molecular flexibility index (Phi) is 5.19. The van der Waals surface area contributed by atoms with Crippen molar-refractivity contribution >= 4 is 11.9 Å². The Bertz CT molecular complexity index is 1210. The lowest BCUT2D eigenvalue weighted by atomic mass is 9.99. The van der Waals surface area contributed by atoms with E-state index < -0.39 is 0 Å². The molecule has 0 aliphatic carbocycles. The van der Waals surface area contributed by atoms with Crippen LogP contribution < -0.4 is 14.2 Å². The van der Waals surface area contributed by atoms with E-state index in [1.807, 2.05) is 56.3 Å². The molecule has 32 heavy (non-hydrogen) atoms. The number of carbonyl (C=O) groups is 1. The molecule has 0 saturated heterocycles. The molecule has 2 heterocycles. The number of ether oxygens (including phenoxy) is 3. The first kappa shape index (κ1) is 20.3. The highest BCUT2D eigenvalue weighted by atomic mass is 16.5. The van der Waals surface area contributed by atoms with Crippen LogP contribution in [0.4, 0.5) is 0 Å². The number of ketones is 1. The fourth-order valence-electron chi connectivity index (χ4n) is 4.20. The highest BCUT2D eigenvalue weighted by molar-refractivity contribution is 6.15. The number of rotatable bonds is 4. The zero-order chi connectivity index (χ0) is 22.2. The zero-order valence-electron chi connectivity index (χ0n) is 18.5. The summed E-state index contributed by atoms with van der Waals surface area (Å²) in [5, 5.41) is 0. The monoisotopic (exact) mass is 427 g/mol. The van der Waals surface area contributed by atoms with Gasteiger partial charge in [-0.2, -0.15) is 0 Å². The maximum atomic E-state index is 13.1. The quantitative estimate of drug-likeness (QED) is 0.530. The van der Waals surface area contributed by atoms with Gasteiger partial charge in [0.2, 0.25) is 5.78 Å². The lowest BCUT2D eigenvalue weighted by Gasteiger charge is -2.30. The number of aryl methyl sites for hydroxylation is 1. The molecule has 0 radical (unpaired) electrons. The van der Waals surface area contributed by atoms with E-state index in [1.54, 1.807) is 13.2 Å². The molecule has 0 atom stereocenters. The summed E-state index contributed by atoms with van der Waals surface area (Å²) in [6.07, 6.45) is 1.80. The number of carbonyl (C=O) groups excluding carboxylic acids is 1. The predicted molar refractivity (Wildman–Crippen MR) is 123 cm³/mol. The Balaban J connectivity index is 1.39. The smallest absolute Gasteiger partial charge is 0.231 e. The predicted octanol–water partition coefficient (Wildman–Crippen LogP) is 5.28. The minimum atomic E-state index is -0.0845. The van der Waals surface area contributed by atoms with Gasteiger partial charge in [-0.1, -0.05) is 42.0 Å². The molecule has 0 fully saturated rings. The van der Waals surface area contributed by atoms with Crippen LogP contribution in [-0.4, -0.2) is 24.5 Å². The Morgan fingerprint density at radius 3 is 2.50 bits per heavy atom. The molecule has 2 aliphatic heterocycles. The van der Waals surface area contributed by atoms with E-state index in [0.717, 1.165) is 34.7 Å². The van der Waals surface area contributed by atoms with Crippen LogP contribution in [0.3, 0.4) is 0 Å². The molecular weight excluding hydrogens is 402 g/mol. The average molecular weight is 428 g/mol. The molecule has 2 aliphatic rings. The van der Waals surface area contributed by atoms with Crippen molar-refractivity contribution in [3.05, 3.63) is 93.7 Å². The SMILES string of the molecule is COc1ccc(CN2COc3c(cc4c(c3C)O/C(=C\c3ccc(C)cc3)C4=O)C2)cc1. The van der Waals surface area contributed by atoms with Gasteiger partial charge in [0, 0.05) is 24.2 Å². The van der Waals surface area contributed by atoms with Crippen LogP contribution in [0.25, 0.3) is 6.08 Å². The van der Waals surface area contributed by atoms with Crippen LogP contribution in [0.15, 0.2) is 60.4 Å². The fraction of sp³-hybridized carbons (Fsp3) is 0.222. The van der Waals surface area contributed by atoms with E-state index in [-0.39, 0.29) is 5.78 Å². The van der Waals surface area contributed by atoms with Crippen molar-refractivity contribution in [1.29, 1.82) is 0 Å². The Hall–Kier alpha value is -3.57. The Labute approximate surface area is 187 Å². The fourth-order valence-corrected chi connectivity index (χ4v) is 4.20. The first-order chi connectivity index (χ1) is 15.5. The summed E-state index contributed by atoms with van der Waals surface area (Å²) in [5.74, 6) is 2.53. The summed E-state index contributed by atoms with van der Waals surface area (Å²) in [4.78, 5) is 15.3. The molecule has 162 valence electrons. The summed E-state index contributed by atoms with van der Waals surface area (Å²) in [6.45, 7) is 5.94. The first-order valence-corrected chi connectivity index (χ1v) is 10.7. The van der Waals surface area contributed by atoms with E-state index >= 15 is 0 Å². The van der Waals surface area contributed by atoms with Crippen LogP contribution in [0.2, 0.25) is 0 Å². The summed E-state index contributed by atoms with van der Waals surface area (Å²) in [7, 11) is 1.66. The molecule has 5 heteroatoms. The van der Waals surface area contributed by atoms with Crippen molar-refractivity contribution in [1.82, 2.24) is 4.90 Å². The second-order valence-electron chi connectivity index (χ2n) is 8.33. The Morgan fingerprint density at radius 1 is 1.03 bits per heavy atom. The highest BCUT2D eigenvalue weighted by Gasteiger charge is 2.33. The standard InChI is InChI=1S/C27H25NO4/c1-17-4-6-19(7-5-17)12-24-25(29)23-13-21-15-28(14-20-8-10-22(30-3)11-9-20)16-31-26(21)18(2)27(23)32-24/h4-13H,14-16H2,1-3H3/b24-12-. The van der Waals surface area contributed by atoms with Crippen LogP contribution in [0.1, 0.15) is 38.2 Å². The third-order valence-corrected chi connectivity index (χ3v) is 5.94. The zero-order valence-corrected chi connectivity index (χ0v) is 18.5. The maximum absolute atomic E-state index is 13.1. The van der Waals surface area contributed by atoms with Gasteiger partial charge >= 0.3 is 0 Å². The van der Waals surface area contributed by atoms with Gasteiger partial charge in [-0.25, -0.2) is 0 Å². The number of methoxy groups -OCH3 is 1. The third kappa shape index (κ3) is 3.76. The summed E-state index contributed by atoms with van der Waals surface area (Å²) >= 11 is 0. The third-order valence-electron chi connectivity index (χ3n) is 5.94. The minimum absolute atomic E-state index is 0.0845. The van der Waals surface area contributed by atoms with Gasteiger partial charge in [0.05, 0.1) is 12.7 Å². The van der Waals surface area contributed by atoms with Crippen LogP contribution in [0, 0.1) is 13.8 Å². The normalized spacial score (nSPS) is 16.3. The van der Waals surface area contributed by atoms with Crippen molar-refractivity contribution in [2.45, 2.75) is 26.9 Å². The highest BCUT2D eigenvalue weighted by Crippen LogP contribution is 2.43. The number of Topliss-reactive ketones (excluding diaryl/α,β-unsaturated/α-hetero) is 1. The largest absolute Gasteiger partial charge is 0.497 e. The number of nitrogens with zero attached hydrogens (tertiary/aromatic N) is 1. The molecule has 3 aromatic rings. The second-order valence-corrected chi connectivity index (χ2v) is 8.33. The van der Waals surface area contributed by atoms with Crippen LogP contribution in [0.5, 0.6) is 17.2 Å². The van der Waals surface area contributed by atoms with E-state index in [1.165, 1.54) is 11.1 Å². The lowest BCUT2D eigenvalue weighted by Crippen LogP contribution is -2.32. The molecule has 0 bridgehead atoms. The summed E-state index contributed by atoms with van der Waals surface area (Å²) < 4.78 is 17.3. The first-order valence-electron chi connectivity index (χ1n) is 10.7. The summed E-state index contributed by atoms with van der Waals surface area (Å²) in [6, 6.07) is 18.0. The number of benzene rings is 3.